The molecule has 1 saturated heterocycles. The van der Waals surface area contributed by atoms with Crippen LogP contribution in [0.15, 0.2) is 55.0 Å². The lowest BCUT2D eigenvalue weighted by atomic mass is 9.93. The fourth-order valence-electron chi connectivity index (χ4n) is 4.76. The van der Waals surface area contributed by atoms with E-state index in [9.17, 15) is 4.79 Å². The molecule has 1 aromatic carbocycles. The molecule has 0 spiro atoms. The first kappa shape index (κ1) is 24.6. The standard InChI is InChI=1S/C26H28ClN7OS/c1-16(35)32-23-13-18(7-10-29-23)22-14-21(25(36-22)26-30-15-31-33-26)24(17-3-5-19(27)6-4-17)34-11-8-20(28-2)9-12-34/h3-7,10,13-15,20,24,28H,8-9,11-12H2,1-2H3,(H,29,32,35)(H,30,31,33). The molecule has 3 aromatic heterocycles. The number of halogens is 1. The van der Waals surface area contributed by atoms with Gasteiger partial charge < -0.3 is 15.6 Å². The van der Waals surface area contributed by atoms with Crippen LogP contribution >= 0.6 is 22.9 Å². The average molecular weight is 522 g/mol. The summed E-state index contributed by atoms with van der Waals surface area (Å²) in [4.78, 5) is 23.7. The van der Waals surface area contributed by atoms with Crippen molar-refractivity contribution < 1.29 is 4.79 Å². The molecular weight excluding hydrogens is 494 g/mol. The average Bonchev–Trinajstić information content (AvgIpc) is 3.56. The van der Waals surface area contributed by atoms with Gasteiger partial charge in [0.1, 0.15) is 12.1 Å². The summed E-state index contributed by atoms with van der Waals surface area (Å²) < 4.78 is 0. The summed E-state index contributed by atoms with van der Waals surface area (Å²) in [6, 6.07) is 14.8. The Morgan fingerprint density at radius 2 is 1.97 bits per heavy atom. The van der Waals surface area contributed by atoms with Crippen molar-refractivity contribution in [3.8, 4) is 21.1 Å². The Balaban J connectivity index is 1.61. The smallest absolute Gasteiger partial charge is 0.222 e. The first-order chi connectivity index (χ1) is 17.5. The summed E-state index contributed by atoms with van der Waals surface area (Å²) in [5, 5.41) is 15.3. The molecule has 3 N–H and O–H groups in total. The van der Waals surface area contributed by atoms with Crippen LogP contribution in [0.5, 0.6) is 0 Å². The number of amides is 1. The van der Waals surface area contributed by atoms with Gasteiger partial charge in [-0.3, -0.25) is 9.69 Å². The van der Waals surface area contributed by atoms with Crippen LogP contribution in [0.4, 0.5) is 5.82 Å². The van der Waals surface area contributed by atoms with E-state index in [0.29, 0.717) is 11.9 Å². The van der Waals surface area contributed by atoms with Crippen LogP contribution in [-0.4, -0.2) is 57.2 Å². The third kappa shape index (κ3) is 5.34. The molecular formula is C26H28ClN7OS. The first-order valence-corrected chi connectivity index (χ1v) is 13.1. The zero-order valence-corrected chi connectivity index (χ0v) is 21.7. The number of aromatic amines is 1. The van der Waals surface area contributed by atoms with Crippen LogP contribution < -0.4 is 10.6 Å². The van der Waals surface area contributed by atoms with Gasteiger partial charge in [0.25, 0.3) is 0 Å². The molecule has 10 heteroatoms. The summed E-state index contributed by atoms with van der Waals surface area (Å²) >= 11 is 7.91. The Bertz CT molecular complexity index is 1310. The normalized spacial score (nSPS) is 15.6. The molecule has 1 aliphatic heterocycles. The zero-order chi connectivity index (χ0) is 25.1. The molecule has 4 heterocycles. The lowest BCUT2D eigenvalue weighted by Crippen LogP contribution is -2.43. The number of likely N-dealkylation sites (tertiary alicyclic amines) is 1. The van der Waals surface area contributed by atoms with Gasteiger partial charge in [0.2, 0.25) is 5.91 Å². The topological polar surface area (TPSA) is 98.8 Å². The number of H-pyrrole nitrogens is 1. The Kier molecular flexibility index (Phi) is 7.43. The monoisotopic (exact) mass is 521 g/mol. The number of carbonyl (C=O) groups is 1. The number of hydrogen-bond donors (Lipinski definition) is 3. The molecule has 36 heavy (non-hydrogen) atoms. The van der Waals surface area contributed by atoms with Gasteiger partial charge in [0.15, 0.2) is 5.82 Å². The van der Waals surface area contributed by atoms with E-state index in [4.69, 9.17) is 11.6 Å². The maximum Gasteiger partial charge on any atom is 0.222 e. The first-order valence-electron chi connectivity index (χ1n) is 11.9. The highest BCUT2D eigenvalue weighted by molar-refractivity contribution is 7.19. The van der Waals surface area contributed by atoms with Gasteiger partial charge in [0.05, 0.1) is 10.9 Å². The van der Waals surface area contributed by atoms with Crippen molar-refractivity contribution in [2.75, 3.05) is 25.5 Å². The van der Waals surface area contributed by atoms with Crippen LogP contribution in [-0.2, 0) is 4.79 Å². The quantitative estimate of drug-likeness (QED) is 0.317. The third-order valence-electron chi connectivity index (χ3n) is 6.52. The number of carbonyl (C=O) groups excluding carboxylic acids is 1. The predicted octanol–water partition coefficient (Wildman–Crippen LogP) is 4.98. The number of piperidine rings is 1. The molecule has 1 atom stereocenters. The molecule has 8 nitrogen and oxygen atoms in total. The van der Waals surface area contributed by atoms with Crippen molar-refractivity contribution in [3.63, 3.8) is 0 Å². The number of hydrogen-bond acceptors (Lipinski definition) is 7. The van der Waals surface area contributed by atoms with Crippen LogP contribution in [0.25, 0.3) is 21.1 Å². The van der Waals surface area contributed by atoms with Crippen LogP contribution in [0.1, 0.15) is 36.9 Å². The largest absolute Gasteiger partial charge is 0.327 e. The Labute approximate surface area is 219 Å². The molecule has 0 aliphatic carbocycles. The summed E-state index contributed by atoms with van der Waals surface area (Å²) in [6.45, 7) is 3.43. The molecule has 0 radical (unpaired) electrons. The fraction of sp³-hybridized carbons (Fsp3) is 0.308. The molecule has 1 amide bonds. The SMILES string of the molecule is CNC1CCN(C(c2ccc(Cl)cc2)c2cc(-c3ccnc(NC(C)=O)c3)sc2-c2nnc[nH]2)CC1. The molecule has 0 bridgehead atoms. The minimum atomic E-state index is -0.151. The number of nitrogens with zero attached hydrogens (tertiary/aromatic N) is 4. The number of thiophene rings is 1. The fourth-order valence-corrected chi connectivity index (χ4v) is 6.02. The zero-order valence-electron chi connectivity index (χ0n) is 20.2. The van der Waals surface area contributed by atoms with Gasteiger partial charge >= 0.3 is 0 Å². The van der Waals surface area contributed by atoms with Gasteiger partial charge in [-0.05, 0) is 66.9 Å². The Morgan fingerprint density at radius 3 is 2.64 bits per heavy atom. The molecule has 4 aromatic rings. The summed E-state index contributed by atoms with van der Waals surface area (Å²) in [6.07, 6.45) is 5.49. The van der Waals surface area contributed by atoms with Crippen molar-refractivity contribution in [2.45, 2.75) is 31.8 Å². The summed E-state index contributed by atoms with van der Waals surface area (Å²) in [7, 11) is 2.04. The van der Waals surface area contributed by atoms with Crippen molar-refractivity contribution >= 4 is 34.7 Å². The lowest BCUT2D eigenvalue weighted by molar-refractivity contribution is -0.114. The minimum Gasteiger partial charge on any atom is -0.327 e. The van der Waals surface area contributed by atoms with E-state index in [1.807, 2.05) is 31.3 Å². The minimum absolute atomic E-state index is 0.0295. The second-order valence-electron chi connectivity index (χ2n) is 8.90. The van der Waals surface area contributed by atoms with E-state index in [1.54, 1.807) is 23.9 Å². The number of nitrogens with one attached hydrogen (secondary N) is 3. The second kappa shape index (κ2) is 10.9. The van der Waals surface area contributed by atoms with Gasteiger partial charge in [-0.25, -0.2) is 4.98 Å². The maximum absolute atomic E-state index is 11.6. The van der Waals surface area contributed by atoms with E-state index < -0.39 is 0 Å². The number of rotatable bonds is 7. The van der Waals surface area contributed by atoms with Gasteiger partial charge in [0, 0.05) is 42.2 Å². The van der Waals surface area contributed by atoms with Gasteiger partial charge in [-0.15, -0.1) is 21.5 Å². The lowest BCUT2D eigenvalue weighted by Gasteiger charge is -2.38. The van der Waals surface area contributed by atoms with Crippen molar-refractivity contribution in [3.05, 3.63) is 71.1 Å². The Morgan fingerprint density at radius 1 is 1.19 bits per heavy atom. The highest BCUT2D eigenvalue weighted by Gasteiger charge is 2.31. The summed E-state index contributed by atoms with van der Waals surface area (Å²) in [5.74, 6) is 1.11. The van der Waals surface area contributed by atoms with E-state index in [-0.39, 0.29) is 11.9 Å². The van der Waals surface area contributed by atoms with Crippen molar-refractivity contribution in [1.29, 1.82) is 0 Å². The van der Waals surface area contributed by atoms with E-state index in [0.717, 1.165) is 57.7 Å². The van der Waals surface area contributed by atoms with Crippen LogP contribution in [0.2, 0.25) is 5.02 Å². The van der Waals surface area contributed by atoms with Gasteiger partial charge in [-0.2, -0.15) is 0 Å². The van der Waals surface area contributed by atoms with Crippen molar-refractivity contribution in [2.24, 2.45) is 0 Å². The van der Waals surface area contributed by atoms with Crippen molar-refractivity contribution in [1.82, 2.24) is 30.4 Å². The van der Waals surface area contributed by atoms with Crippen LogP contribution in [0.3, 0.4) is 0 Å². The highest BCUT2D eigenvalue weighted by atomic mass is 35.5. The van der Waals surface area contributed by atoms with E-state index >= 15 is 0 Å². The Hall–Kier alpha value is -3.11. The van der Waals surface area contributed by atoms with Crippen LogP contribution in [0, 0.1) is 0 Å². The number of anilines is 1. The molecule has 5 rings (SSSR count). The molecule has 1 aliphatic rings. The van der Waals surface area contributed by atoms with E-state index in [1.165, 1.54) is 12.5 Å². The number of benzene rings is 1. The number of pyridine rings is 1. The third-order valence-corrected chi connectivity index (χ3v) is 7.98. The highest BCUT2D eigenvalue weighted by Crippen LogP contribution is 2.44. The molecule has 1 unspecified atom stereocenters. The van der Waals surface area contributed by atoms with E-state index in [2.05, 4.69) is 53.9 Å². The predicted molar refractivity (Wildman–Crippen MR) is 144 cm³/mol. The second-order valence-corrected chi connectivity index (χ2v) is 10.4. The molecule has 1 fully saturated rings. The summed E-state index contributed by atoms with van der Waals surface area (Å²) in [5.41, 5.74) is 3.32. The molecule has 0 saturated carbocycles. The molecule has 186 valence electrons. The van der Waals surface area contributed by atoms with Gasteiger partial charge in [-0.1, -0.05) is 23.7 Å². The maximum atomic E-state index is 11.6. The number of aromatic nitrogens is 4.